The quantitative estimate of drug-likeness (QED) is 0.608. The van der Waals surface area contributed by atoms with Gasteiger partial charge in [0.1, 0.15) is 17.2 Å². The predicted molar refractivity (Wildman–Crippen MR) is 89.9 cm³/mol. The summed E-state index contributed by atoms with van der Waals surface area (Å²) in [4.78, 5) is 38.3. The molecule has 0 aromatic heterocycles. The molecule has 0 bridgehead atoms. The topological polar surface area (TPSA) is 84.9 Å². The van der Waals surface area contributed by atoms with Gasteiger partial charge in [0.15, 0.2) is 12.1 Å². The van der Waals surface area contributed by atoms with Crippen molar-refractivity contribution in [2.24, 2.45) is 0 Å². The zero-order chi connectivity index (χ0) is 17.8. The first kappa shape index (κ1) is 16.3. The molecule has 2 saturated heterocycles. The van der Waals surface area contributed by atoms with E-state index < -0.39 is 11.6 Å². The van der Waals surface area contributed by atoms with E-state index in [1.807, 2.05) is 25.1 Å². The van der Waals surface area contributed by atoms with E-state index in [0.29, 0.717) is 12.2 Å². The summed E-state index contributed by atoms with van der Waals surface area (Å²) in [5.74, 6) is -0.388. The molecule has 8 heteroatoms. The molecule has 3 aliphatic rings. The highest BCUT2D eigenvalue weighted by Crippen LogP contribution is 2.72. The predicted octanol–water partition coefficient (Wildman–Crippen LogP) is 0.539. The van der Waals surface area contributed by atoms with Crippen molar-refractivity contribution in [3.63, 3.8) is 0 Å². The Morgan fingerprint density at radius 2 is 2.08 bits per heavy atom. The van der Waals surface area contributed by atoms with Gasteiger partial charge in [-0.2, -0.15) is 0 Å². The first-order valence-corrected chi connectivity index (χ1v) is 8.87. The maximum Gasteiger partial charge on any atom is 0.333 e. The minimum atomic E-state index is -0.865. The number of ether oxygens (including phenoxy) is 2. The maximum atomic E-state index is 12.5. The standard InChI is InChI=1S/C17H18N2O5S/c1-16-9-17(16,15(22)23-2)19-13(21)12(14(19)25-16)18-11(20)8-24-10-6-4-3-5-7-10/h3-7,12,14H,8-9H2,1-2H3,(H,18,20)/t12?,14-,16?,17?/m0/s1. The molecule has 3 fully saturated rings. The molecule has 2 amide bonds. The van der Waals surface area contributed by atoms with Crippen LogP contribution in [0.1, 0.15) is 13.3 Å². The van der Waals surface area contributed by atoms with Crippen molar-refractivity contribution in [2.75, 3.05) is 13.7 Å². The molecular formula is C17H18N2O5S. The summed E-state index contributed by atoms with van der Waals surface area (Å²) in [7, 11) is 1.33. The Bertz CT molecular complexity index is 757. The van der Waals surface area contributed by atoms with Gasteiger partial charge in [-0.05, 0) is 19.1 Å². The van der Waals surface area contributed by atoms with Crippen molar-refractivity contribution in [1.82, 2.24) is 10.2 Å². The number of hydrogen-bond acceptors (Lipinski definition) is 6. The highest BCUT2D eigenvalue weighted by molar-refractivity contribution is 8.02. The second-order valence-electron chi connectivity index (χ2n) is 6.62. The molecule has 1 aromatic rings. The third-order valence-electron chi connectivity index (χ3n) is 5.13. The zero-order valence-corrected chi connectivity index (χ0v) is 14.7. The Labute approximate surface area is 149 Å². The van der Waals surface area contributed by atoms with Crippen LogP contribution >= 0.6 is 11.8 Å². The molecule has 132 valence electrons. The highest BCUT2D eigenvalue weighted by Gasteiger charge is 2.85. The van der Waals surface area contributed by atoms with Crippen LogP contribution in [0.25, 0.3) is 0 Å². The number of thioether (sulfide) groups is 1. The number of nitrogens with zero attached hydrogens (tertiary/aromatic N) is 1. The first-order chi connectivity index (χ1) is 11.9. The number of para-hydroxylation sites is 1. The summed E-state index contributed by atoms with van der Waals surface area (Å²) in [5, 5.41) is 2.48. The molecule has 0 spiro atoms. The van der Waals surface area contributed by atoms with E-state index in [1.165, 1.54) is 7.11 Å². The molecule has 3 unspecified atom stereocenters. The zero-order valence-electron chi connectivity index (χ0n) is 13.9. The van der Waals surface area contributed by atoms with Gasteiger partial charge in [-0.15, -0.1) is 11.8 Å². The third-order valence-corrected chi connectivity index (χ3v) is 6.86. The van der Waals surface area contributed by atoms with Crippen LogP contribution in [0.3, 0.4) is 0 Å². The number of methoxy groups -OCH3 is 1. The minimum Gasteiger partial charge on any atom is -0.484 e. The minimum absolute atomic E-state index is 0.162. The van der Waals surface area contributed by atoms with E-state index >= 15 is 0 Å². The summed E-state index contributed by atoms with van der Waals surface area (Å²) in [6.07, 6.45) is 0.595. The number of amides is 2. The molecule has 1 aromatic carbocycles. The lowest BCUT2D eigenvalue weighted by Crippen LogP contribution is -2.72. The van der Waals surface area contributed by atoms with Crippen molar-refractivity contribution >= 4 is 29.5 Å². The summed E-state index contributed by atoms with van der Waals surface area (Å²) in [6, 6.07) is 8.37. The number of benzene rings is 1. The van der Waals surface area contributed by atoms with Gasteiger partial charge < -0.3 is 19.7 Å². The van der Waals surface area contributed by atoms with Gasteiger partial charge in [-0.3, -0.25) is 9.59 Å². The van der Waals surface area contributed by atoms with Crippen molar-refractivity contribution < 1.29 is 23.9 Å². The summed E-state index contributed by atoms with van der Waals surface area (Å²) in [5.41, 5.74) is -0.865. The molecular weight excluding hydrogens is 344 g/mol. The Balaban J connectivity index is 1.38. The Hall–Kier alpha value is -2.22. The fraction of sp³-hybridized carbons (Fsp3) is 0.471. The highest BCUT2D eigenvalue weighted by atomic mass is 32.2. The molecule has 4 rings (SSSR count). The van der Waals surface area contributed by atoms with Crippen LogP contribution in [-0.4, -0.2) is 58.1 Å². The Morgan fingerprint density at radius 3 is 2.76 bits per heavy atom. The number of carbonyl (C=O) groups excluding carboxylic acids is 3. The first-order valence-electron chi connectivity index (χ1n) is 7.99. The van der Waals surface area contributed by atoms with Gasteiger partial charge in [0.2, 0.25) is 5.91 Å². The van der Waals surface area contributed by atoms with Gasteiger partial charge in [0.05, 0.1) is 11.9 Å². The monoisotopic (exact) mass is 362 g/mol. The SMILES string of the molecule is COC(=O)C12CC1(C)S[C@H]1C(NC(=O)COc3ccccc3)C(=O)N12. The van der Waals surface area contributed by atoms with E-state index in [2.05, 4.69) is 5.32 Å². The molecule has 25 heavy (non-hydrogen) atoms. The third kappa shape index (κ3) is 2.16. The molecule has 2 aliphatic heterocycles. The maximum absolute atomic E-state index is 12.5. The molecule has 1 aliphatic carbocycles. The number of nitrogens with one attached hydrogen (secondary N) is 1. The smallest absolute Gasteiger partial charge is 0.333 e. The van der Waals surface area contributed by atoms with E-state index in [4.69, 9.17) is 9.47 Å². The molecule has 1 N–H and O–H groups in total. The van der Waals surface area contributed by atoms with E-state index in [1.54, 1.807) is 28.8 Å². The summed E-state index contributed by atoms with van der Waals surface area (Å²) >= 11 is 1.55. The normalized spacial score (nSPS) is 34.5. The average molecular weight is 362 g/mol. The molecule has 2 heterocycles. The van der Waals surface area contributed by atoms with Gasteiger partial charge in [-0.25, -0.2) is 4.79 Å². The van der Waals surface area contributed by atoms with Crippen LogP contribution in [0.5, 0.6) is 5.75 Å². The lowest BCUT2D eigenvalue weighted by molar-refractivity contribution is -0.165. The number of fused-ring (bicyclic) bond motifs is 3. The van der Waals surface area contributed by atoms with Crippen molar-refractivity contribution in [3.8, 4) is 5.75 Å². The fourth-order valence-electron chi connectivity index (χ4n) is 3.75. The second kappa shape index (κ2) is 5.39. The van der Waals surface area contributed by atoms with Crippen molar-refractivity contribution in [2.45, 2.75) is 35.0 Å². The average Bonchev–Trinajstić information content (AvgIpc) is 3.15. The second-order valence-corrected chi connectivity index (χ2v) is 8.24. The van der Waals surface area contributed by atoms with E-state index in [9.17, 15) is 14.4 Å². The van der Waals surface area contributed by atoms with Gasteiger partial charge in [-0.1, -0.05) is 18.2 Å². The van der Waals surface area contributed by atoms with Gasteiger partial charge >= 0.3 is 5.97 Å². The van der Waals surface area contributed by atoms with Crippen LogP contribution in [-0.2, 0) is 19.1 Å². The lowest BCUT2D eigenvalue weighted by atomic mass is 10.0. The van der Waals surface area contributed by atoms with Crippen molar-refractivity contribution in [3.05, 3.63) is 30.3 Å². The van der Waals surface area contributed by atoms with Crippen LogP contribution in [0.4, 0.5) is 0 Å². The van der Waals surface area contributed by atoms with Gasteiger partial charge in [0.25, 0.3) is 5.91 Å². The van der Waals surface area contributed by atoms with E-state index in [0.717, 1.165) is 0 Å². The summed E-state index contributed by atoms with van der Waals surface area (Å²) < 4.78 is 9.95. The van der Waals surface area contributed by atoms with Crippen LogP contribution < -0.4 is 10.1 Å². The van der Waals surface area contributed by atoms with Crippen LogP contribution in [0, 0.1) is 0 Å². The molecule has 0 radical (unpaired) electrons. The van der Waals surface area contributed by atoms with Gasteiger partial charge in [0, 0.05) is 6.42 Å². The largest absolute Gasteiger partial charge is 0.484 e. The number of esters is 1. The molecule has 7 nitrogen and oxygen atoms in total. The fourth-order valence-corrected chi connectivity index (χ4v) is 5.66. The number of carbonyl (C=O) groups is 3. The number of rotatable bonds is 5. The Kier molecular flexibility index (Phi) is 3.50. The van der Waals surface area contributed by atoms with Crippen molar-refractivity contribution in [1.29, 1.82) is 0 Å². The number of β-lactam (4-membered cyclic amide) rings is 1. The molecule has 4 atom stereocenters. The van der Waals surface area contributed by atoms with Crippen LogP contribution in [0.15, 0.2) is 30.3 Å². The van der Waals surface area contributed by atoms with Crippen LogP contribution in [0.2, 0.25) is 0 Å². The Morgan fingerprint density at radius 1 is 1.36 bits per heavy atom. The van der Waals surface area contributed by atoms with E-state index in [-0.39, 0.29) is 34.5 Å². The summed E-state index contributed by atoms with van der Waals surface area (Å²) in [6.45, 7) is 1.79. The number of hydrogen-bond donors (Lipinski definition) is 1. The lowest BCUT2D eigenvalue weighted by Gasteiger charge is -2.46. The molecule has 1 saturated carbocycles.